The molecule has 96 valence electrons. The fraction of sp³-hybridized carbons (Fsp3) is 0.643. The second-order valence-electron chi connectivity index (χ2n) is 5.07. The molecule has 0 bridgehead atoms. The van der Waals surface area contributed by atoms with Gasteiger partial charge in [-0.25, -0.2) is 4.98 Å². The van der Waals surface area contributed by atoms with Crippen molar-refractivity contribution in [2.45, 2.75) is 40.5 Å². The molecule has 1 aromatic rings. The number of rotatable bonds is 7. The normalized spacial score (nSPS) is 11.3. The zero-order valence-corrected chi connectivity index (χ0v) is 11.4. The molecule has 0 aromatic carbocycles. The highest BCUT2D eigenvalue weighted by Gasteiger charge is 2.15. The maximum atomic E-state index is 5.66. The molecule has 3 nitrogen and oxygen atoms in total. The smallest absolute Gasteiger partial charge is 0.168 e. The van der Waals surface area contributed by atoms with E-state index in [0.717, 1.165) is 37.6 Å². The molecule has 1 N–H and O–H groups in total. The second-order valence-corrected chi connectivity index (χ2v) is 5.07. The summed E-state index contributed by atoms with van der Waals surface area (Å²) in [5.41, 5.74) is 0.277. The van der Waals surface area contributed by atoms with E-state index in [0.29, 0.717) is 0 Å². The van der Waals surface area contributed by atoms with Crippen molar-refractivity contribution in [3.05, 3.63) is 18.3 Å². The summed E-state index contributed by atoms with van der Waals surface area (Å²) in [6, 6.07) is 3.87. The maximum Gasteiger partial charge on any atom is 0.168 e. The highest BCUT2D eigenvalue weighted by molar-refractivity contribution is 5.49. The molecule has 1 rings (SSSR count). The van der Waals surface area contributed by atoms with Crippen molar-refractivity contribution in [2.75, 3.05) is 18.5 Å². The molecule has 1 aromatic heterocycles. The molecule has 0 unspecified atom stereocenters. The van der Waals surface area contributed by atoms with Gasteiger partial charge in [0, 0.05) is 12.7 Å². The number of hydrogen-bond donors (Lipinski definition) is 1. The van der Waals surface area contributed by atoms with Crippen LogP contribution in [-0.2, 0) is 0 Å². The van der Waals surface area contributed by atoms with E-state index < -0.39 is 0 Å². The Morgan fingerprint density at radius 1 is 1.35 bits per heavy atom. The predicted molar refractivity (Wildman–Crippen MR) is 72.6 cm³/mol. The first-order valence-corrected chi connectivity index (χ1v) is 6.40. The standard InChI is InChI=1S/C14H24N2O/c1-5-10-17-12-8-7-9-15-13(12)16-11-14(3,4)6-2/h7-9H,5-6,10-11H2,1-4H3,(H,15,16). The van der Waals surface area contributed by atoms with E-state index >= 15 is 0 Å². The molecule has 0 saturated heterocycles. The lowest BCUT2D eigenvalue weighted by atomic mass is 9.90. The van der Waals surface area contributed by atoms with Crippen LogP contribution in [0.15, 0.2) is 18.3 Å². The monoisotopic (exact) mass is 236 g/mol. The van der Waals surface area contributed by atoms with Crippen molar-refractivity contribution in [3.63, 3.8) is 0 Å². The van der Waals surface area contributed by atoms with Crippen molar-refractivity contribution >= 4 is 5.82 Å². The number of pyridine rings is 1. The number of hydrogen-bond acceptors (Lipinski definition) is 3. The Morgan fingerprint density at radius 2 is 2.12 bits per heavy atom. The zero-order valence-electron chi connectivity index (χ0n) is 11.4. The molecular weight excluding hydrogens is 212 g/mol. The van der Waals surface area contributed by atoms with Gasteiger partial charge in [-0.15, -0.1) is 0 Å². The van der Waals surface area contributed by atoms with E-state index in [9.17, 15) is 0 Å². The van der Waals surface area contributed by atoms with Crippen LogP contribution < -0.4 is 10.1 Å². The van der Waals surface area contributed by atoms with E-state index in [2.05, 4.69) is 38.0 Å². The van der Waals surface area contributed by atoms with Crippen molar-refractivity contribution in [2.24, 2.45) is 5.41 Å². The first kappa shape index (κ1) is 13.8. The summed E-state index contributed by atoms with van der Waals surface area (Å²) in [5, 5.41) is 3.38. The minimum atomic E-state index is 0.277. The second kappa shape index (κ2) is 6.48. The van der Waals surface area contributed by atoms with Gasteiger partial charge < -0.3 is 10.1 Å². The van der Waals surface area contributed by atoms with Gasteiger partial charge in [-0.05, 0) is 30.4 Å². The first-order chi connectivity index (χ1) is 8.09. The molecule has 0 aliphatic rings. The molecule has 0 aliphatic carbocycles. The number of nitrogens with zero attached hydrogens (tertiary/aromatic N) is 1. The fourth-order valence-corrected chi connectivity index (χ4v) is 1.30. The summed E-state index contributed by atoms with van der Waals surface area (Å²) in [7, 11) is 0. The lowest BCUT2D eigenvalue weighted by Gasteiger charge is -2.23. The van der Waals surface area contributed by atoms with Crippen LogP contribution in [0.2, 0.25) is 0 Å². The van der Waals surface area contributed by atoms with E-state index in [4.69, 9.17) is 4.74 Å². The lowest BCUT2D eigenvalue weighted by Crippen LogP contribution is -2.22. The summed E-state index contributed by atoms with van der Waals surface area (Å²) < 4.78 is 5.66. The van der Waals surface area contributed by atoms with Gasteiger partial charge in [0.05, 0.1) is 6.61 Å². The average molecular weight is 236 g/mol. The molecule has 0 fully saturated rings. The Hall–Kier alpha value is -1.25. The van der Waals surface area contributed by atoms with Gasteiger partial charge in [0.1, 0.15) is 0 Å². The van der Waals surface area contributed by atoms with Crippen LogP contribution in [0.4, 0.5) is 5.82 Å². The Balaban J connectivity index is 2.63. The minimum absolute atomic E-state index is 0.277. The molecule has 0 atom stereocenters. The van der Waals surface area contributed by atoms with Crippen molar-refractivity contribution in [3.8, 4) is 5.75 Å². The molecular formula is C14H24N2O. The third-order valence-corrected chi connectivity index (χ3v) is 2.92. The van der Waals surface area contributed by atoms with Crippen molar-refractivity contribution in [1.82, 2.24) is 4.98 Å². The maximum absolute atomic E-state index is 5.66. The van der Waals surface area contributed by atoms with Crippen LogP contribution >= 0.6 is 0 Å². The van der Waals surface area contributed by atoms with E-state index in [1.165, 1.54) is 0 Å². The van der Waals surface area contributed by atoms with Gasteiger partial charge in [-0.1, -0.05) is 27.7 Å². The summed E-state index contributed by atoms with van der Waals surface area (Å²) in [4.78, 5) is 4.33. The van der Waals surface area contributed by atoms with Gasteiger partial charge in [-0.3, -0.25) is 0 Å². The Labute approximate surface area is 105 Å². The lowest BCUT2D eigenvalue weighted by molar-refractivity contribution is 0.316. The minimum Gasteiger partial charge on any atom is -0.490 e. The van der Waals surface area contributed by atoms with Crippen LogP contribution in [-0.4, -0.2) is 18.1 Å². The largest absolute Gasteiger partial charge is 0.490 e. The van der Waals surface area contributed by atoms with Crippen LogP contribution in [0.3, 0.4) is 0 Å². The quantitative estimate of drug-likeness (QED) is 0.783. The zero-order chi connectivity index (χ0) is 12.7. The van der Waals surface area contributed by atoms with Crippen LogP contribution in [0, 0.1) is 5.41 Å². The highest BCUT2D eigenvalue weighted by Crippen LogP contribution is 2.25. The fourth-order valence-electron chi connectivity index (χ4n) is 1.30. The topological polar surface area (TPSA) is 34.1 Å². The number of anilines is 1. The summed E-state index contributed by atoms with van der Waals surface area (Å²) in [6.07, 6.45) is 3.94. The van der Waals surface area contributed by atoms with E-state index in [-0.39, 0.29) is 5.41 Å². The van der Waals surface area contributed by atoms with Crippen molar-refractivity contribution in [1.29, 1.82) is 0 Å². The van der Waals surface area contributed by atoms with Gasteiger partial charge >= 0.3 is 0 Å². The molecule has 0 amide bonds. The van der Waals surface area contributed by atoms with Crippen LogP contribution in [0.25, 0.3) is 0 Å². The SMILES string of the molecule is CCCOc1cccnc1NCC(C)(C)CC. The molecule has 1 heterocycles. The Morgan fingerprint density at radius 3 is 2.76 bits per heavy atom. The highest BCUT2D eigenvalue weighted by atomic mass is 16.5. The molecule has 0 radical (unpaired) electrons. The van der Waals surface area contributed by atoms with Crippen LogP contribution in [0.5, 0.6) is 5.75 Å². The molecule has 17 heavy (non-hydrogen) atoms. The molecule has 0 spiro atoms. The summed E-state index contributed by atoms with van der Waals surface area (Å²) in [5.74, 6) is 1.70. The molecule has 0 aliphatic heterocycles. The van der Waals surface area contributed by atoms with Gasteiger partial charge in [0.15, 0.2) is 11.6 Å². The van der Waals surface area contributed by atoms with Gasteiger partial charge in [-0.2, -0.15) is 0 Å². The third-order valence-electron chi connectivity index (χ3n) is 2.92. The molecule has 0 saturated carbocycles. The van der Waals surface area contributed by atoms with E-state index in [1.54, 1.807) is 6.20 Å². The average Bonchev–Trinajstić information content (AvgIpc) is 2.35. The van der Waals surface area contributed by atoms with E-state index in [1.807, 2.05) is 12.1 Å². The Kier molecular flexibility index (Phi) is 5.26. The molecule has 3 heteroatoms. The van der Waals surface area contributed by atoms with Gasteiger partial charge in [0.2, 0.25) is 0 Å². The number of ether oxygens (including phenoxy) is 1. The van der Waals surface area contributed by atoms with Gasteiger partial charge in [0.25, 0.3) is 0 Å². The summed E-state index contributed by atoms with van der Waals surface area (Å²) in [6.45, 7) is 10.4. The predicted octanol–water partition coefficient (Wildman–Crippen LogP) is 3.72. The number of aromatic nitrogens is 1. The number of nitrogens with one attached hydrogen (secondary N) is 1. The first-order valence-electron chi connectivity index (χ1n) is 6.40. The van der Waals surface area contributed by atoms with Crippen LogP contribution in [0.1, 0.15) is 40.5 Å². The van der Waals surface area contributed by atoms with Crippen molar-refractivity contribution < 1.29 is 4.74 Å². The third kappa shape index (κ3) is 4.63. The summed E-state index contributed by atoms with van der Waals surface area (Å²) >= 11 is 0. The Bertz CT molecular complexity index is 337.